The van der Waals surface area contributed by atoms with Crippen LogP contribution in [0.15, 0.2) is 63.5 Å². The molecule has 6 nitrogen and oxygen atoms in total. The zero-order valence-electron chi connectivity index (χ0n) is 18.2. The Morgan fingerprint density at radius 2 is 1.47 bits per heavy atom. The summed E-state index contributed by atoms with van der Waals surface area (Å²) in [7, 11) is 8.14. The van der Waals surface area contributed by atoms with Gasteiger partial charge in [-0.2, -0.15) is 0 Å². The summed E-state index contributed by atoms with van der Waals surface area (Å²) in [5.41, 5.74) is 1.96. The van der Waals surface area contributed by atoms with Crippen LogP contribution in [0, 0.1) is 0 Å². The van der Waals surface area contributed by atoms with E-state index in [-0.39, 0.29) is 0 Å². The third-order valence-corrected chi connectivity index (χ3v) is 9.03. The third-order valence-electron chi connectivity index (χ3n) is 4.99. The molecule has 1 aromatic heterocycles. The first-order valence-corrected chi connectivity index (χ1v) is 12.1. The number of nitrogens with zero attached hydrogens (tertiary/aromatic N) is 4. The Morgan fingerprint density at radius 3 is 1.97 bits per heavy atom. The summed E-state index contributed by atoms with van der Waals surface area (Å²) < 4.78 is 25.2. The van der Waals surface area contributed by atoms with Gasteiger partial charge in [0.25, 0.3) is 0 Å². The molecule has 3 rings (SSSR count). The van der Waals surface area contributed by atoms with Gasteiger partial charge in [0.1, 0.15) is 11.4 Å². The summed E-state index contributed by atoms with van der Waals surface area (Å²) in [6.45, 7) is 0. The highest BCUT2D eigenvalue weighted by molar-refractivity contribution is 9.10. The van der Waals surface area contributed by atoms with Crippen molar-refractivity contribution in [2.75, 3.05) is 47.2 Å². The van der Waals surface area contributed by atoms with Gasteiger partial charge in [-0.05, 0) is 58.0 Å². The van der Waals surface area contributed by atoms with Crippen LogP contribution in [0.25, 0.3) is 11.5 Å². The minimum atomic E-state index is -3.07. The highest BCUT2D eigenvalue weighted by Gasteiger charge is 2.44. The number of halogens is 1. The lowest BCUT2D eigenvalue weighted by molar-refractivity contribution is 0.438. The van der Waals surface area contributed by atoms with Crippen LogP contribution in [0.5, 0.6) is 0 Å². The molecule has 2 aromatic carbocycles. The fraction of sp³-hybridized carbons (Fsp3) is 0.318. The van der Waals surface area contributed by atoms with E-state index in [1.165, 1.54) is 0 Å². The Bertz CT molecular complexity index is 1020. The molecular weight excluding hydrogens is 463 g/mol. The van der Waals surface area contributed by atoms with E-state index in [2.05, 4.69) is 15.9 Å². The molecular formula is C22H28BrN4O2P. The zero-order chi connectivity index (χ0) is 22.1. The number of hydrogen-bond acceptors (Lipinski definition) is 4. The Labute approximate surface area is 187 Å². The van der Waals surface area contributed by atoms with Gasteiger partial charge in [0.15, 0.2) is 0 Å². The van der Waals surface area contributed by atoms with E-state index in [1.807, 2.05) is 102 Å². The summed E-state index contributed by atoms with van der Waals surface area (Å²) >= 11 is 3.50. The molecule has 30 heavy (non-hydrogen) atoms. The lowest BCUT2D eigenvalue weighted by Gasteiger charge is -2.37. The van der Waals surface area contributed by atoms with Gasteiger partial charge in [-0.15, -0.1) is 0 Å². The number of aromatic nitrogens is 1. The maximum Gasteiger partial charge on any atom is 0.229 e. The summed E-state index contributed by atoms with van der Waals surface area (Å²) in [5.74, 6) is 1.12. The lowest BCUT2D eigenvalue weighted by Crippen LogP contribution is -2.27. The van der Waals surface area contributed by atoms with E-state index in [9.17, 15) is 4.57 Å². The van der Waals surface area contributed by atoms with Gasteiger partial charge in [-0.3, -0.25) is 4.57 Å². The Kier molecular flexibility index (Phi) is 6.88. The molecule has 0 bridgehead atoms. The maximum absolute atomic E-state index is 14.5. The molecule has 8 heteroatoms. The topological polar surface area (TPSA) is 52.8 Å². The second-order valence-corrected chi connectivity index (χ2v) is 11.9. The average Bonchev–Trinajstić information content (AvgIpc) is 3.15. The molecule has 0 fully saturated rings. The fourth-order valence-corrected chi connectivity index (χ4v) is 6.45. The Hall–Kier alpha value is -1.92. The predicted molar refractivity (Wildman–Crippen MR) is 127 cm³/mol. The zero-order valence-corrected chi connectivity index (χ0v) is 20.7. The predicted octanol–water partition coefficient (Wildman–Crippen LogP) is 5.58. The number of hydrogen-bond donors (Lipinski definition) is 0. The summed E-state index contributed by atoms with van der Waals surface area (Å²) in [5, 5.41) is 0. The van der Waals surface area contributed by atoms with Gasteiger partial charge in [-0.25, -0.2) is 14.3 Å². The SMILES string of the molecule is CN(C)c1oc(-c2ccccc2)nc1C(c1ccc(Br)cc1)P(=O)(N(C)C)N(C)C. The molecule has 3 aromatic rings. The van der Waals surface area contributed by atoms with Crippen LogP contribution in [0.4, 0.5) is 5.88 Å². The standard InChI is InChI=1S/C22H28BrN4O2P/c1-25(2)22-19(24-21(29-22)17-10-8-7-9-11-17)20(16-12-14-18(23)15-13-16)30(28,26(3)4)27(5)6/h7-15,20H,1-6H3. The normalized spacial score (nSPS) is 13.1. The molecule has 160 valence electrons. The maximum atomic E-state index is 14.5. The number of anilines is 1. The van der Waals surface area contributed by atoms with Crippen molar-refractivity contribution < 1.29 is 8.98 Å². The number of rotatable bonds is 7. The molecule has 1 heterocycles. The minimum Gasteiger partial charge on any atom is -0.420 e. The van der Waals surface area contributed by atoms with Crippen molar-refractivity contribution in [2.24, 2.45) is 0 Å². The van der Waals surface area contributed by atoms with Crippen LogP contribution >= 0.6 is 23.4 Å². The first-order valence-electron chi connectivity index (χ1n) is 9.60. The van der Waals surface area contributed by atoms with Crippen molar-refractivity contribution in [1.29, 1.82) is 0 Å². The van der Waals surface area contributed by atoms with E-state index in [1.54, 1.807) is 9.34 Å². The van der Waals surface area contributed by atoms with Crippen molar-refractivity contribution in [3.63, 3.8) is 0 Å². The van der Waals surface area contributed by atoms with E-state index >= 15 is 0 Å². The van der Waals surface area contributed by atoms with Gasteiger partial charge in [0.2, 0.25) is 19.2 Å². The van der Waals surface area contributed by atoms with Crippen molar-refractivity contribution in [1.82, 2.24) is 14.3 Å². The van der Waals surface area contributed by atoms with Gasteiger partial charge >= 0.3 is 0 Å². The Balaban J connectivity index is 2.30. The smallest absolute Gasteiger partial charge is 0.229 e. The number of benzene rings is 2. The lowest BCUT2D eigenvalue weighted by atomic mass is 10.1. The van der Waals surface area contributed by atoms with E-state index in [0.29, 0.717) is 17.5 Å². The molecule has 0 spiro atoms. The van der Waals surface area contributed by atoms with Gasteiger partial charge in [0, 0.05) is 24.1 Å². The summed E-state index contributed by atoms with van der Waals surface area (Å²) in [6.07, 6.45) is 0. The van der Waals surface area contributed by atoms with Crippen molar-refractivity contribution in [2.45, 2.75) is 5.66 Å². The van der Waals surface area contributed by atoms with Crippen LogP contribution < -0.4 is 4.90 Å². The molecule has 0 aliphatic carbocycles. The quantitative estimate of drug-likeness (QED) is 0.403. The molecule has 0 amide bonds. The van der Waals surface area contributed by atoms with Crippen LogP contribution in [0.1, 0.15) is 16.9 Å². The van der Waals surface area contributed by atoms with Crippen molar-refractivity contribution in [3.05, 3.63) is 70.3 Å². The largest absolute Gasteiger partial charge is 0.420 e. The van der Waals surface area contributed by atoms with Gasteiger partial charge in [-0.1, -0.05) is 46.3 Å². The van der Waals surface area contributed by atoms with Crippen molar-refractivity contribution in [3.8, 4) is 11.5 Å². The molecule has 0 radical (unpaired) electrons. The second kappa shape index (κ2) is 9.06. The second-order valence-electron chi connectivity index (χ2n) is 7.71. The first-order chi connectivity index (χ1) is 14.2. The third kappa shape index (κ3) is 4.26. The molecule has 0 N–H and O–H groups in total. The van der Waals surface area contributed by atoms with Gasteiger partial charge in [0.05, 0.1) is 0 Å². The van der Waals surface area contributed by atoms with Crippen LogP contribution in [0.3, 0.4) is 0 Å². The van der Waals surface area contributed by atoms with E-state index in [4.69, 9.17) is 9.40 Å². The first kappa shape index (κ1) is 22.8. The van der Waals surface area contributed by atoms with Crippen molar-refractivity contribution >= 4 is 29.3 Å². The Morgan fingerprint density at radius 1 is 0.900 bits per heavy atom. The highest BCUT2D eigenvalue weighted by atomic mass is 79.9. The number of oxazole rings is 1. The monoisotopic (exact) mass is 490 g/mol. The van der Waals surface area contributed by atoms with Crippen LogP contribution in [-0.2, 0) is 4.57 Å². The minimum absolute atomic E-state index is 0.491. The molecule has 1 atom stereocenters. The molecule has 0 saturated carbocycles. The molecule has 0 saturated heterocycles. The average molecular weight is 491 g/mol. The van der Waals surface area contributed by atoms with Crippen LogP contribution in [0.2, 0.25) is 0 Å². The fourth-order valence-electron chi connectivity index (χ4n) is 3.50. The highest BCUT2D eigenvalue weighted by Crippen LogP contribution is 2.65. The van der Waals surface area contributed by atoms with E-state index < -0.39 is 13.1 Å². The van der Waals surface area contributed by atoms with Gasteiger partial charge < -0.3 is 9.32 Å². The summed E-state index contributed by atoms with van der Waals surface area (Å²) in [4.78, 5) is 6.77. The van der Waals surface area contributed by atoms with Crippen LogP contribution in [-0.4, -0.2) is 56.6 Å². The molecule has 0 aliphatic rings. The van der Waals surface area contributed by atoms with E-state index in [0.717, 1.165) is 15.6 Å². The molecule has 0 aliphatic heterocycles. The summed E-state index contributed by atoms with van der Waals surface area (Å²) in [6, 6.07) is 17.7. The molecule has 1 unspecified atom stereocenters.